The monoisotopic (exact) mass is 672 g/mol. The van der Waals surface area contributed by atoms with E-state index in [1.165, 1.54) is 30.3 Å². The fraction of sp³-hybridized carbons (Fsp3) is 0. The average molecular weight is 674 g/mol. The van der Waals surface area contributed by atoms with Crippen molar-refractivity contribution in [1.29, 1.82) is 0 Å². The quantitative estimate of drug-likeness (QED) is 0.121. The molecule has 0 aliphatic carbocycles. The average Bonchev–Trinajstić information content (AvgIpc) is 3.03. The zero-order valence-corrected chi connectivity index (χ0v) is 26.0. The maximum absolute atomic E-state index is 13.5. The third-order valence-electron chi connectivity index (χ3n) is 7.00. The van der Waals surface area contributed by atoms with Gasteiger partial charge in [-0.25, -0.2) is 0 Å². The standard InChI is InChI=1S/C34H20Cl4N4O3/c35-24-13-12-20(33(44)40-29-17-26(37)25(36)16-27(29)38)15-30(24)41-42-31-22-10-4-2-7-19(22)14-23(32(31)43)34(45)39-28-11-5-8-18-6-1-3-9-21(18)28/h1-17,43H,(H,39,45)(H,40,44). The summed E-state index contributed by atoms with van der Waals surface area (Å²) in [5.41, 5.74) is 1.28. The SMILES string of the molecule is O=C(Nc1cc(Cl)c(Cl)cc1Cl)c1ccc(Cl)c(N=Nc2c(O)c(C(=O)Nc3cccc4ccccc34)cc3ccccc23)c1. The summed E-state index contributed by atoms with van der Waals surface area (Å²) in [5, 5.41) is 29.4. The molecule has 6 aromatic carbocycles. The Labute approximate surface area is 277 Å². The van der Waals surface area contributed by atoms with E-state index in [1.807, 2.05) is 42.5 Å². The van der Waals surface area contributed by atoms with Crippen LogP contribution in [0.4, 0.5) is 22.7 Å². The van der Waals surface area contributed by atoms with Gasteiger partial charge in [0.15, 0.2) is 5.75 Å². The lowest BCUT2D eigenvalue weighted by molar-refractivity contribution is 0.101. The van der Waals surface area contributed by atoms with Gasteiger partial charge in [0, 0.05) is 22.0 Å². The van der Waals surface area contributed by atoms with Crippen molar-refractivity contribution in [3.8, 4) is 5.75 Å². The van der Waals surface area contributed by atoms with Gasteiger partial charge < -0.3 is 15.7 Å². The summed E-state index contributed by atoms with van der Waals surface area (Å²) >= 11 is 24.7. The Morgan fingerprint density at radius 2 is 1.24 bits per heavy atom. The first kappa shape index (κ1) is 30.4. The lowest BCUT2D eigenvalue weighted by Crippen LogP contribution is -2.12. The highest BCUT2D eigenvalue weighted by atomic mass is 35.5. The van der Waals surface area contributed by atoms with E-state index in [4.69, 9.17) is 46.4 Å². The molecule has 0 saturated heterocycles. The largest absolute Gasteiger partial charge is 0.505 e. The lowest BCUT2D eigenvalue weighted by atomic mass is 10.0. The smallest absolute Gasteiger partial charge is 0.259 e. The minimum atomic E-state index is -0.524. The Bertz CT molecular complexity index is 2180. The van der Waals surface area contributed by atoms with Crippen molar-refractivity contribution in [2.24, 2.45) is 10.2 Å². The molecule has 3 N–H and O–H groups in total. The number of anilines is 2. The van der Waals surface area contributed by atoms with E-state index in [-0.39, 0.29) is 54.0 Å². The van der Waals surface area contributed by atoms with Crippen LogP contribution in [0.3, 0.4) is 0 Å². The number of fused-ring (bicyclic) bond motifs is 2. The first-order valence-electron chi connectivity index (χ1n) is 13.4. The van der Waals surface area contributed by atoms with E-state index in [9.17, 15) is 14.7 Å². The van der Waals surface area contributed by atoms with Gasteiger partial charge in [-0.3, -0.25) is 9.59 Å². The van der Waals surface area contributed by atoms with E-state index in [1.54, 1.807) is 30.3 Å². The Kier molecular flexibility index (Phi) is 8.61. The number of aromatic hydroxyl groups is 1. The van der Waals surface area contributed by atoms with E-state index >= 15 is 0 Å². The second-order valence-corrected chi connectivity index (χ2v) is 11.5. The molecule has 6 rings (SSSR count). The van der Waals surface area contributed by atoms with Crippen LogP contribution >= 0.6 is 46.4 Å². The molecule has 0 saturated carbocycles. The molecule has 0 unspecified atom stereocenters. The third kappa shape index (κ3) is 6.30. The molecule has 11 heteroatoms. The van der Waals surface area contributed by atoms with Gasteiger partial charge in [-0.2, -0.15) is 0 Å². The molecule has 7 nitrogen and oxygen atoms in total. The van der Waals surface area contributed by atoms with Crippen molar-refractivity contribution in [3.63, 3.8) is 0 Å². The predicted octanol–water partition coefficient (Wildman–Crippen LogP) is 11.2. The summed E-state index contributed by atoms with van der Waals surface area (Å²) in [6.45, 7) is 0. The topological polar surface area (TPSA) is 103 Å². The van der Waals surface area contributed by atoms with Gasteiger partial charge in [0.1, 0.15) is 11.4 Å². The van der Waals surface area contributed by atoms with Gasteiger partial charge in [0.25, 0.3) is 11.8 Å². The molecule has 0 radical (unpaired) electrons. The number of carbonyl (C=O) groups excluding carboxylic acids is 2. The second kappa shape index (κ2) is 12.8. The van der Waals surface area contributed by atoms with Crippen LogP contribution in [0.2, 0.25) is 20.1 Å². The molecule has 0 aromatic heterocycles. The Morgan fingerprint density at radius 1 is 0.578 bits per heavy atom. The predicted molar refractivity (Wildman–Crippen MR) is 183 cm³/mol. The van der Waals surface area contributed by atoms with E-state index < -0.39 is 11.8 Å². The molecule has 0 heterocycles. The fourth-order valence-electron chi connectivity index (χ4n) is 4.76. The molecule has 0 bridgehead atoms. The molecule has 45 heavy (non-hydrogen) atoms. The van der Waals surface area contributed by atoms with Crippen LogP contribution in [0, 0.1) is 0 Å². The number of halogens is 4. The summed E-state index contributed by atoms with van der Waals surface area (Å²) in [5.74, 6) is -1.40. The zero-order chi connectivity index (χ0) is 31.7. The fourth-order valence-corrected chi connectivity index (χ4v) is 5.51. The second-order valence-electron chi connectivity index (χ2n) is 9.89. The summed E-state index contributed by atoms with van der Waals surface area (Å²) in [6, 6.07) is 29.3. The Hall–Kier alpha value is -4.66. The molecule has 0 aliphatic heterocycles. The van der Waals surface area contributed by atoms with Crippen molar-refractivity contribution in [1.82, 2.24) is 0 Å². The molecule has 0 atom stereocenters. The van der Waals surface area contributed by atoms with Crippen molar-refractivity contribution in [2.45, 2.75) is 0 Å². The van der Waals surface area contributed by atoms with Crippen LogP contribution in [0.15, 0.2) is 113 Å². The van der Waals surface area contributed by atoms with Crippen LogP contribution in [0.25, 0.3) is 21.5 Å². The van der Waals surface area contributed by atoms with Crippen LogP contribution in [0.5, 0.6) is 5.75 Å². The molecule has 2 amide bonds. The highest BCUT2D eigenvalue weighted by Gasteiger charge is 2.20. The molecule has 6 aromatic rings. The maximum atomic E-state index is 13.5. The van der Waals surface area contributed by atoms with Gasteiger partial charge in [-0.05, 0) is 53.2 Å². The van der Waals surface area contributed by atoms with Crippen LogP contribution in [0.1, 0.15) is 20.7 Å². The number of carbonyl (C=O) groups is 2. The highest BCUT2D eigenvalue weighted by Crippen LogP contribution is 2.41. The van der Waals surface area contributed by atoms with Crippen LogP contribution < -0.4 is 10.6 Å². The normalized spacial score (nSPS) is 11.3. The number of amides is 2. The van der Waals surface area contributed by atoms with E-state index in [2.05, 4.69) is 20.9 Å². The first-order chi connectivity index (χ1) is 21.7. The minimum Gasteiger partial charge on any atom is -0.505 e. The van der Waals surface area contributed by atoms with E-state index in [0.29, 0.717) is 16.5 Å². The summed E-state index contributed by atoms with van der Waals surface area (Å²) in [4.78, 5) is 26.5. The van der Waals surface area contributed by atoms with E-state index in [0.717, 1.165) is 10.8 Å². The number of hydrogen-bond donors (Lipinski definition) is 3. The number of azo groups is 1. The molecule has 0 aliphatic rings. The number of hydrogen-bond acceptors (Lipinski definition) is 5. The Morgan fingerprint density at radius 3 is 2.04 bits per heavy atom. The number of phenols is 1. The first-order valence-corrected chi connectivity index (χ1v) is 14.9. The van der Waals surface area contributed by atoms with Crippen molar-refractivity contribution in [2.75, 3.05) is 10.6 Å². The molecular weight excluding hydrogens is 654 g/mol. The number of benzene rings is 6. The van der Waals surface area contributed by atoms with Gasteiger partial charge in [-0.15, -0.1) is 10.2 Å². The molecular formula is C34H20Cl4N4O3. The summed E-state index contributed by atoms with van der Waals surface area (Å²) < 4.78 is 0. The lowest BCUT2D eigenvalue weighted by Gasteiger charge is -2.12. The van der Waals surface area contributed by atoms with Crippen molar-refractivity contribution >= 4 is 103 Å². The van der Waals surface area contributed by atoms with Gasteiger partial charge in [0.05, 0.1) is 31.3 Å². The van der Waals surface area contributed by atoms with Gasteiger partial charge >= 0.3 is 0 Å². The molecule has 0 fully saturated rings. The van der Waals surface area contributed by atoms with Crippen LogP contribution in [-0.2, 0) is 0 Å². The van der Waals surface area contributed by atoms with Gasteiger partial charge in [-0.1, -0.05) is 107 Å². The zero-order valence-electron chi connectivity index (χ0n) is 23.0. The summed E-state index contributed by atoms with van der Waals surface area (Å²) in [6.07, 6.45) is 0. The van der Waals surface area contributed by atoms with Crippen LogP contribution in [-0.4, -0.2) is 16.9 Å². The molecule has 0 spiro atoms. The maximum Gasteiger partial charge on any atom is 0.259 e. The Balaban J connectivity index is 1.34. The number of phenolic OH excluding ortho intramolecular Hbond substituents is 1. The number of nitrogens with zero attached hydrogens (tertiary/aromatic N) is 2. The molecule has 222 valence electrons. The minimum absolute atomic E-state index is 0.00770. The third-order valence-corrected chi connectivity index (χ3v) is 8.36. The highest BCUT2D eigenvalue weighted by molar-refractivity contribution is 6.44. The number of nitrogens with one attached hydrogen (secondary N) is 2. The summed E-state index contributed by atoms with van der Waals surface area (Å²) in [7, 11) is 0. The van der Waals surface area contributed by atoms with Crippen molar-refractivity contribution < 1.29 is 14.7 Å². The van der Waals surface area contributed by atoms with Crippen molar-refractivity contribution in [3.05, 3.63) is 134 Å². The number of rotatable bonds is 6. The van der Waals surface area contributed by atoms with Gasteiger partial charge in [0.2, 0.25) is 0 Å².